The van der Waals surface area contributed by atoms with E-state index in [1.165, 1.54) is 0 Å². The Kier molecular flexibility index (Phi) is 6.49. The van der Waals surface area contributed by atoms with Gasteiger partial charge in [-0.05, 0) is 19.8 Å². The van der Waals surface area contributed by atoms with E-state index < -0.39 is 24.6 Å². The lowest BCUT2D eigenvalue weighted by molar-refractivity contribution is -0.149. The monoisotopic (exact) mass is 354 g/mol. The molecule has 0 bridgehead atoms. The molecule has 25 heavy (non-hydrogen) atoms. The van der Waals surface area contributed by atoms with Crippen LogP contribution in [-0.4, -0.2) is 54.4 Å². The average Bonchev–Trinajstić information content (AvgIpc) is 2.83. The zero-order valence-electron chi connectivity index (χ0n) is 14.1. The van der Waals surface area contributed by atoms with Gasteiger partial charge in [0.1, 0.15) is 0 Å². The largest absolute Gasteiger partial charge is 0.456 e. The number of likely N-dealkylation sites (tertiary alicyclic amines) is 1. The maximum Gasteiger partial charge on any atom is 0.413 e. The summed E-state index contributed by atoms with van der Waals surface area (Å²) in [6, 6.07) is 0. The van der Waals surface area contributed by atoms with Gasteiger partial charge in [0.2, 0.25) is 11.8 Å². The van der Waals surface area contributed by atoms with Crippen molar-refractivity contribution in [2.75, 3.05) is 19.8 Å². The Morgan fingerprint density at radius 1 is 1.08 bits per heavy atom. The number of carbonyl (C=O) groups is 5. The normalized spacial score (nSPS) is 22.4. The fourth-order valence-corrected chi connectivity index (χ4v) is 3.19. The van der Waals surface area contributed by atoms with E-state index >= 15 is 0 Å². The highest BCUT2D eigenvalue weighted by molar-refractivity contribution is 6.05. The molecule has 138 valence electrons. The number of esters is 1. The van der Waals surface area contributed by atoms with Crippen molar-refractivity contribution in [2.24, 2.45) is 11.8 Å². The van der Waals surface area contributed by atoms with Crippen LogP contribution >= 0.6 is 0 Å². The van der Waals surface area contributed by atoms with E-state index in [1.54, 1.807) is 6.92 Å². The molecule has 2 fully saturated rings. The molecule has 2 atom stereocenters. The quantitative estimate of drug-likeness (QED) is 0.540. The Morgan fingerprint density at radius 3 is 2.24 bits per heavy atom. The first-order chi connectivity index (χ1) is 11.9. The Bertz CT molecular complexity index is 551. The van der Waals surface area contributed by atoms with Crippen molar-refractivity contribution in [1.29, 1.82) is 0 Å². The summed E-state index contributed by atoms with van der Waals surface area (Å²) in [6.45, 7) is 1.01. The molecule has 1 N–H and O–H groups in total. The Labute approximate surface area is 145 Å². The van der Waals surface area contributed by atoms with Crippen LogP contribution in [0, 0.1) is 11.8 Å². The van der Waals surface area contributed by atoms with Crippen LogP contribution in [0.2, 0.25) is 0 Å². The highest BCUT2D eigenvalue weighted by Crippen LogP contribution is 2.37. The summed E-state index contributed by atoms with van der Waals surface area (Å²) in [6.07, 6.45) is 2.19. The second-order valence-electron chi connectivity index (χ2n) is 6.00. The Hall–Kier alpha value is -2.45. The first-order valence-electron chi connectivity index (χ1n) is 8.41. The van der Waals surface area contributed by atoms with Gasteiger partial charge in [-0.25, -0.2) is 4.79 Å². The molecule has 1 heterocycles. The number of nitrogens with zero attached hydrogens (tertiary/aromatic N) is 1. The highest BCUT2D eigenvalue weighted by atomic mass is 16.6. The van der Waals surface area contributed by atoms with Crippen molar-refractivity contribution in [3.8, 4) is 0 Å². The number of fused-ring (bicyclic) bond motifs is 1. The molecule has 9 nitrogen and oxygen atoms in total. The molecule has 0 aromatic heterocycles. The molecule has 4 amide bonds. The molecule has 2 aliphatic rings. The summed E-state index contributed by atoms with van der Waals surface area (Å²) in [7, 11) is 0. The van der Waals surface area contributed by atoms with Crippen LogP contribution < -0.4 is 5.32 Å². The van der Waals surface area contributed by atoms with Gasteiger partial charge >= 0.3 is 12.1 Å². The van der Waals surface area contributed by atoms with Crippen LogP contribution in [0.15, 0.2) is 0 Å². The number of hydrogen-bond donors (Lipinski definition) is 1. The van der Waals surface area contributed by atoms with Crippen LogP contribution in [0.4, 0.5) is 4.79 Å². The molecule has 0 unspecified atom stereocenters. The predicted octanol–water partition coefficient (Wildman–Crippen LogP) is 0.368. The molecule has 0 spiro atoms. The van der Waals surface area contributed by atoms with Crippen LogP contribution in [0.1, 0.15) is 39.0 Å². The third-order valence-corrected chi connectivity index (χ3v) is 4.35. The molecule has 9 heteroatoms. The minimum absolute atomic E-state index is 0.0526. The van der Waals surface area contributed by atoms with Crippen molar-refractivity contribution in [2.45, 2.75) is 39.0 Å². The van der Waals surface area contributed by atoms with E-state index in [1.807, 2.05) is 5.32 Å². The summed E-state index contributed by atoms with van der Waals surface area (Å²) in [5, 5.41) is 1.89. The van der Waals surface area contributed by atoms with E-state index in [2.05, 4.69) is 4.74 Å². The minimum Gasteiger partial charge on any atom is -0.456 e. The van der Waals surface area contributed by atoms with Crippen LogP contribution in [0.25, 0.3) is 0 Å². The average molecular weight is 354 g/mol. The van der Waals surface area contributed by atoms with E-state index in [9.17, 15) is 24.0 Å². The minimum atomic E-state index is -0.917. The zero-order chi connectivity index (χ0) is 18.4. The summed E-state index contributed by atoms with van der Waals surface area (Å²) in [4.78, 5) is 59.7. The molecule has 2 rings (SSSR count). The van der Waals surface area contributed by atoms with E-state index in [0.29, 0.717) is 12.8 Å². The SMILES string of the molecule is CCOC(=O)NC(=O)COC(=O)CCN1C(=O)[C@H]2CCCC[C@H]2C1=O. The number of imide groups is 2. The summed E-state index contributed by atoms with van der Waals surface area (Å²) in [5.41, 5.74) is 0. The van der Waals surface area contributed by atoms with Gasteiger partial charge in [-0.2, -0.15) is 0 Å². The summed E-state index contributed by atoms with van der Waals surface area (Å²) in [5.74, 6) is -2.49. The van der Waals surface area contributed by atoms with Crippen LogP contribution in [-0.2, 0) is 28.7 Å². The van der Waals surface area contributed by atoms with Crippen LogP contribution in [0.3, 0.4) is 0 Å². The van der Waals surface area contributed by atoms with Gasteiger partial charge in [0, 0.05) is 6.54 Å². The van der Waals surface area contributed by atoms with Crippen molar-refractivity contribution in [3.63, 3.8) is 0 Å². The Morgan fingerprint density at radius 2 is 1.68 bits per heavy atom. The van der Waals surface area contributed by atoms with Gasteiger partial charge in [0.15, 0.2) is 6.61 Å². The molecule has 1 aliphatic heterocycles. The second kappa shape index (κ2) is 8.59. The highest BCUT2D eigenvalue weighted by Gasteiger charge is 2.47. The zero-order valence-corrected chi connectivity index (χ0v) is 14.1. The van der Waals surface area contributed by atoms with Gasteiger partial charge < -0.3 is 9.47 Å². The number of alkyl carbamates (subject to hydrolysis) is 1. The van der Waals surface area contributed by atoms with E-state index in [4.69, 9.17) is 4.74 Å². The lowest BCUT2D eigenvalue weighted by Gasteiger charge is -2.19. The van der Waals surface area contributed by atoms with Gasteiger partial charge in [0.25, 0.3) is 5.91 Å². The summed E-state index contributed by atoms with van der Waals surface area (Å²) < 4.78 is 9.24. The van der Waals surface area contributed by atoms with Gasteiger partial charge in [0.05, 0.1) is 24.9 Å². The van der Waals surface area contributed by atoms with Gasteiger partial charge in [-0.3, -0.25) is 29.4 Å². The molecule has 0 aromatic carbocycles. The van der Waals surface area contributed by atoms with Crippen molar-refractivity contribution >= 4 is 29.8 Å². The molecular formula is C16H22N2O7. The summed E-state index contributed by atoms with van der Waals surface area (Å²) >= 11 is 0. The lowest BCUT2D eigenvalue weighted by Crippen LogP contribution is -2.36. The lowest BCUT2D eigenvalue weighted by atomic mass is 9.81. The van der Waals surface area contributed by atoms with Crippen molar-refractivity contribution < 1.29 is 33.4 Å². The third-order valence-electron chi connectivity index (χ3n) is 4.35. The Balaban J connectivity index is 1.73. The fraction of sp³-hybridized carbons (Fsp3) is 0.688. The number of ether oxygens (including phenoxy) is 2. The topological polar surface area (TPSA) is 119 Å². The number of carbonyl (C=O) groups excluding carboxylic acids is 5. The third kappa shape index (κ3) is 4.77. The maximum atomic E-state index is 12.2. The molecule has 1 aliphatic carbocycles. The van der Waals surface area contributed by atoms with E-state index in [-0.39, 0.29) is 43.2 Å². The van der Waals surface area contributed by atoms with Gasteiger partial charge in [-0.1, -0.05) is 12.8 Å². The first-order valence-corrected chi connectivity index (χ1v) is 8.41. The smallest absolute Gasteiger partial charge is 0.413 e. The van der Waals surface area contributed by atoms with Crippen LogP contribution in [0.5, 0.6) is 0 Å². The maximum absolute atomic E-state index is 12.2. The van der Waals surface area contributed by atoms with Crippen molar-refractivity contribution in [1.82, 2.24) is 10.2 Å². The number of nitrogens with one attached hydrogen (secondary N) is 1. The van der Waals surface area contributed by atoms with E-state index in [0.717, 1.165) is 17.7 Å². The second-order valence-corrected chi connectivity index (χ2v) is 6.00. The molecule has 0 aromatic rings. The van der Waals surface area contributed by atoms with Gasteiger partial charge in [-0.15, -0.1) is 0 Å². The number of hydrogen-bond acceptors (Lipinski definition) is 7. The first kappa shape index (κ1) is 18.9. The van der Waals surface area contributed by atoms with Crippen molar-refractivity contribution in [3.05, 3.63) is 0 Å². The number of rotatable bonds is 6. The molecule has 1 saturated carbocycles. The fourth-order valence-electron chi connectivity index (χ4n) is 3.19. The number of amides is 4. The standard InChI is InChI=1S/C16H22N2O7/c1-2-24-16(23)17-12(19)9-25-13(20)7-8-18-14(21)10-5-3-4-6-11(10)15(18)22/h10-11H,2-9H2,1H3,(H,17,19,23)/t10-,11+. The molecule has 1 saturated heterocycles. The molecular weight excluding hydrogens is 332 g/mol. The molecule has 0 radical (unpaired) electrons. The predicted molar refractivity (Wildman–Crippen MR) is 82.9 cm³/mol.